The maximum atomic E-state index is 12.4. The lowest BCUT2D eigenvalue weighted by Crippen LogP contribution is -2.38. The van der Waals surface area contributed by atoms with Crippen LogP contribution in [-0.4, -0.2) is 75.4 Å². The number of anilines is 1. The minimum Gasteiger partial charge on any atom is -0.497 e. The standard InChI is InChI=1S/C19H27N5O3S/c1-22(2)19-20-17(14-6-8-16(27-5)9-7-14)12-18(21-19)15-10-11-24(13-15)28(25,26)23(3)4/h6-9,12,15H,10-11,13H2,1-5H3/t15-/m1/s1. The van der Waals surface area contributed by atoms with Crippen molar-refractivity contribution in [1.29, 1.82) is 0 Å². The van der Waals surface area contributed by atoms with E-state index in [0.29, 0.717) is 19.0 Å². The van der Waals surface area contributed by atoms with E-state index in [0.717, 1.165) is 29.1 Å². The molecule has 152 valence electrons. The number of aromatic nitrogens is 2. The van der Waals surface area contributed by atoms with Gasteiger partial charge in [-0.1, -0.05) is 0 Å². The first-order valence-corrected chi connectivity index (χ1v) is 10.5. The summed E-state index contributed by atoms with van der Waals surface area (Å²) in [6.45, 7) is 0.913. The highest BCUT2D eigenvalue weighted by Gasteiger charge is 2.34. The minimum atomic E-state index is -3.42. The van der Waals surface area contributed by atoms with Gasteiger partial charge < -0.3 is 9.64 Å². The van der Waals surface area contributed by atoms with E-state index in [1.165, 1.54) is 8.61 Å². The Labute approximate surface area is 166 Å². The molecule has 0 saturated carbocycles. The van der Waals surface area contributed by atoms with Gasteiger partial charge in [0.1, 0.15) is 5.75 Å². The van der Waals surface area contributed by atoms with Gasteiger partial charge in [0, 0.05) is 52.8 Å². The van der Waals surface area contributed by atoms with E-state index in [1.54, 1.807) is 21.2 Å². The minimum absolute atomic E-state index is 0.0356. The largest absolute Gasteiger partial charge is 0.497 e. The molecular formula is C19H27N5O3S. The Morgan fingerprint density at radius 2 is 1.79 bits per heavy atom. The molecule has 0 amide bonds. The average molecular weight is 406 g/mol. The number of benzene rings is 1. The maximum absolute atomic E-state index is 12.4. The van der Waals surface area contributed by atoms with E-state index in [4.69, 9.17) is 9.72 Å². The Kier molecular flexibility index (Phi) is 5.87. The fourth-order valence-electron chi connectivity index (χ4n) is 3.18. The van der Waals surface area contributed by atoms with Crippen LogP contribution in [0.4, 0.5) is 5.95 Å². The second-order valence-electron chi connectivity index (χ2n) is 7.23. The van der Waals surface area contributed by atoms with Gasteiger partial charge >= 0.3 is 0 Å². The van der Waals surface area contributed by atoms with Crippen molar-refractivity contribution in [2.45, 2.75) is 12.3 Å². The summed E-state index contributed by atoms with van der Waals surface area (Å²) >= 11 is 0. The van der Waals surface area contributed by atoms with E-state index >= 15 is 0 Å². The summed E-state index contributed by atoms with van der Waals surface area (Å²) in [5, 5.41) is 0. The van der Waals surface area contributed by atoms with Gasteiger partial charge in [0.15, 0.2) is 0 Å². The first-order chi connectivity index (χ1) is 13.2. The van der Waals surface area contributed by atoms with Crippen LogP contribution < -0.4 is 9.64 Å². The number of methoxy groups -OCH3 is 1. The molecular weight excluding hydrogens is 378 g/mol. The van der Waals surface area contributed by atoms with Crippen LogP contribution in [0.2, 0.25) is 0 Å². The highest BCUT2D eigenvalue weighted by molar-refractivity contribution is 7.86. The molecule has 2 aromatic rings. The first-order valence-electron chi connectivity index (χ1n) is 9.10. The van der Waals surface area contributed by atoms with Crippen molar-refractivity contribution in [2.24, 2.45) is 0 Å². The number of hydrogen-bond acceptors (Lipinski definition) is 6. The van der Waals surface area contributed by atoms with Crippen LogP contribution in [0.15, 0.2) is 30.3 Å². The number of nitrogens with zero attached hydrogens (tertiary/aromatic N) is 5. The third-order valence-corrected chi connectivity index (χ3v) is 6.78. The Hall–Kier alpha value is -2.23. The highest BCUT2D eigenvalue weighted by Crippen LogP contribution is 2.31. The Balaban J connectivity index is 1.94. The lowest BCUT2D eigenvalue weighted by molar-refractivity contribution is 0.415. The van der Waals surface area contributed by atoms with Crippen molar-refractivity contribution in [3.05, 3.63) is 36.0 Å². The lowest BCUT2D eigenvalue weighted by Gasteiger charge is -2.21. The second-order valence-corrected chi connectivity index (χ2v) is 9.38. The van der Waals surface area contributed by atoms with Crippen molar-refractivity contribution >= 4 is 16.2 Å². The quantitative estimate of drug-likeness (QED) is 0.729. The summed E-state index contributed by atoms with van der Waals surface area (Å²) in [4.78, 5) is 11.2. The zero-order valence-corrected chi connectivity index (χ0v) is 17.8. The van der Waals surface area contributed by atoms with Gasteiger partial charge in [0.2, 0.25) is 5.95 Å². The fourth-order valence-corrected chi connectivity index (χ4v) is 4.35. The Bertz CT molecular complexity index is 929. The molecule has 0 unspecified atom stereocenters. The molecule has 1 aliphatic heterocycles. The molecule has 2 heterocycles. The predicted octanol–water partition coefficient (Wildman–Crippen LogP) is 1.81. The van der Waals surface area contributed by atoms with Crippen LogP contribution in [0.3, 0.4) is 0 Å². The number of rotatable bonds is 6. The smallest absolute Gasteiger partial charge is 0.281 e. The van der Waals surface area contributed by atoms with Crippen LogP contribution >= 0.6 is 0 Å². The third kappa shape index (κ3) is 4.11. The summed E-state index contributed by atoms with van der Waals surface area (Å²) in [5.74, 6) is 1.43. The molecule has 0 bridgehead atoms. The summed E-state index contributed by atoms with van der Waals surface area (Å²) in [6.07, 6.45) is 0.735. The van der Waals surface area contributed by atoms with E-state index in [-0.39, 0.29) is 5.92 Å². The van der Waals surface area contributed by atoms with Crippen LogP contribution in [0.5, 0.6) is 5.75 Å². The molecule has 1 atom stereocenters. The zero-order chi connectivity index (χ0) is 20.5. The van der Waals surface area contributed by atoms with Gasteiger partial charge in [0.05, 0.1) is 18.5 Å². The van der Waals surface area contributed by atoms with Crippen LogP contribution in [-0.2, 0) is 10.2 Å². The lowest BCUT2D eigenvalue weighted by atomic mass is 10.0. The molecule has 0 N–H and O–H groups in total. The molecule has 0 aliphatic carbocycles. The van der Waals surface area contributed by atoms with E-state index in [1.807, 2.05) is 49.3 Å². The van der Waals surface area contributed by atoms with Crippen molar-refractivity contribution in [2.75, 3.05) is 53.3 Å². The van der Waals surface area contributed by atoms with E-state index < -0.39 is 10.2 Å². The van der Waals surface area contributed by atoms with Gasteiger partial charge in [-0.2, -0.15) is 17.0 Å². The summed E-state index contributed by atoms with van der Waals surface area (Å²) < 4.78 is 32.9. The molecule has 1 fully saturated rings. The molecule has 1 aliphatic rings. The normalized spacial score (nSPS) is 17.9. The van der Waals surface area contributed by atoms with Gasteiger partial charge in [-0.15, -0.1) is 0 Å². The van der Waals surface area contributed by atoms with Gasteiger partial charge in [-0.3, -0.25) is 0 Å². The molecule has 1 saturated heterocycles. The molecule has 1 aromatic heterocycles. The Morgan fingerprint density at radius 3 is 2.36 bits per heavy atom. The van der Waals surface area contributed by atoms with Crippen LogP contribution in [0, 0.1) is 0 Å². The van der Waals surface area contributed by atoms with Crippen LogP contribution in [0.1, 0.15) is 18.0 Å². The van der Waals surface area contributed by atoms with Gasteiger partial charge in [0.25, 0.3) is 10.2 Å². The molecule has 28 heavy (non-hydrogen) atoms. The van der Waals surface area contributed by atoms with E-state index in [9.17, 15) is 8.42 Å². The molecule has 8 nitrogen and oxygen atoms in total. The highest BCUT2D eigenvalue weighted by atomic mass is 32.2. The molecule has 0 spiro atoms. The van der Waals surface area contributed by atoms with Crippen molar-refractivity contribution in [3.63, 3.8) is 0 Å². The third-order valence-electron chi connectivity index (χ3n) is 4.88. The van der Waals surface area contributed by atoms with Crippen LogP contribution in [0.25, 0.3) is 11.3 Å². The summed E-state index contributed by atoms with van der Waals surface area (Å²) in [6, 6.07) is 9.68. The summed E-state index contributed by atoms with van der Waals surface area (Å²) in [7, 11) is 5.12. The molecule has 1 aromatic carbocycles. The monoisotopic (exact) mass is 405 g/mol. The molecule has 0 radical (unpaired) electrons. The van der Waals surface area contributed by atoms with E-state index in [2.05, 4.69) is 4.98 Å². The van der Waals surface area contributed by atoms with Gasteiger partial charge in [-0.05, 0) is 36.8 Å². The van der Waals surface area contributed by atoms with Crippen molar-refractivity contribution in [1.82, 2.24) is 18.6 Å². The topological polar surface area (TPSA) is 78.9 Å². The average Bonchev–Trinajstić information content (AvgIpc) is 3.18. The van der Waals surface area contributed by atoms with Crippen molar-refractivity contribution < 1.29 is 13.2 Å². The fraction of sp³-hybridized carbons (Fsp3) is 0.474. The van der Waals surface area contributed by atoms with Gasteiger partial charge in [-0.25, -0.2) is 9.97 Å². The molecule has 9 heteroatoms. The number of hydrogen-bond donors (Lipinski definition) is 0. The van der Waals surface area contributed by atoms with Crippen molar-refractivity contribution in [3.8, 4) is 17.0 Å². The maximum Gasteiger partial charge on any atom is 0.281 e. The second kappa shape index (κ2) is 8.02. The predicted molar refractivity (Wildman–Crippen MR) is 110 cm³/mol. The SMILES string of the molecule is COc1ccc(-c2cc([C@@H]3CCN(S(=O)(=O)N(C)C)C3)nc(N(C)C)n2)cc1. The Morgan fingerprint density at radius 1 is 1.11 bits per heavy atom. The molecule has 3 rings (SSSR count). The summed E-state index contributed by atoms with van der Waals surface area (Å²) in [5.41, 5.74) is 2.63. The number of ether oxygens (including phenoxy) is 1. The zero-order valence-electron chi connectivity index (χ0n) is 17.0. The first kappa shape index (κ1) is 20.5.